The van der Waals surface area contributed by atoms with Gasteiger partial charge in [-0.1, -0.05) is 0 Å². The quantitative estimate of drug-likeness (QED) is 0.698. The number of hydrogen-bond donors (Lipinski definition) is 2. The van der Waals surface area contributed by atoms with Crippen LogP contribution in [0.2, 0.25) is 0 Å². The highest BCUT2D eigenvalue weighted by Crippen LogP contribution is 2.63. The molecule has 1 unspecified atom stereocenters. The molecule has 0 aromatic carbocycles. The molecule has 1 saturated carbocycles. The maximum atomic E-state index is 10.9. The Morgan fingerprint density at radius 3 is 2.64 bits per heavy atom. The molecule has 1 atom stereocenters. The summed E-state index contributed by atoms with van der Waals surface area (Å²) in [6.45, 7) is 1.84. The van der Waals surface area contributed by atoms with E-state index in [-0.39, 0.29) is 17.3 Å². The fraction of sp³-hybridized carbons (Fsp3) is 0.900. The molecule has 1 spiro atoms. The molecule has 0 amide bonds. The van der Waals surface area contributed by atoms with Gasteiger partial charge in [0.2, 0.25) is 0 Å². The van der Waals surface area contributed by atoms with E-state index >= 15 is 0 Å². The first-order chi connectivity index (χ1) is 6.64. The van der Waals surface area contributed by atoms with Gasteiger partial charge >= 0.3 is 5.97 Å². The summed E-state index contributed by atoms with van der Waals surface area (Å²) in [4.78, 5) is 10.9. The van der Waals surface area contributed by atoms with Gasteiger partial charge in [-0.05, 0) is 25.8 Å². The van der Waals surface area contributed by atoms with Crippen LogP contribution in [0.25, 0.3) is 0 Å². The minimum Gasteiger partial charge on any atom is -0.481 e. The molecular weight excluding hydrogens is 182 g/mol. The Morgan fingerprint density at radius 1 is 1.43 bits per heavy atom. The first kappa shape index (κ1) is 9.93. The number of rotatable bonds is 3. The van der Waals surface area contributed by atoms with Crippen molar-refractivity contribution in [3.05, 3.63) is 0 Å². The van der Waals surface area contributed by atoms with Crippen LogP contribution in [-0.4, -0.2) is 30.8 Å². The van der Waals surface area contributed by atoms with Crippen molar-refractivity contribution in [1.82, 2.24) is 0 Å². The van der Waals surface area contributed by atoms with Crippen molar-refractivity contribution in [3.8, 4) is 0 Å². The van der Waals surface area contributed by atoms with Crippen LogP contribution in [0.5, 0.6) is 0 Å². The summed E-state index contributed by atoms with van der Waals surface area (Å²) >= 11 is 0. The molecule has 3 N–H and O–H groups in total. The number of aliphatic carboxylic acids is 1. The Hall–Kier alpha value is -0.610. The number of carboxylic acids is 1. The van der Waals surface area contributed by atoms with E-state index in [9.17, 15) is 4.79 Å². The summed E-state index contributed by atoms with van der Waals surface area (Å²) in [7, 11) is 0. The second kappa shape index (κ2) is 3.21. The summed E-state index contributed by atoms with van der Waals surface area (Å²) in [5.74, 6) is -0.733. The van der Waals surface area contributed by atoms with Gasteiger partial charge in [0.25, 0.3) is 0 Å². The molecule has 4 nitrogen and oxygen atoms in total. The van der Waals surface area contributed by atoms with Crippen LogP contribution in [0.4, 0.5) is 0 Å². The molecule has 2 fully saturated rings. The highest BCUT2D eigenvalue weighted by molar-refractivity contribution is 5.68. The van der Waals surface area contributed by atoms with Crippen LogP contribution < -0.4 is 5.73 Å². The molecule has 1 aliphatic heterocycles. The predicted molar refractivity (Wildman–Crippen MR) is 50.8 cm³/mol. The van der Waals surface area contributed by atoms with Crippen molar-refractivity contribution in [2.45, 2.75) is 25.7 Å². The summed E-state index contributed by atoms with van der Waals surface area (Å²) < 4.78 is 5.44. The summed E-state index contributed by atoms with van der Waals surface area (Å²) in [6.07, 6.45) is 3.16. The molecule has 1 heterocycles. The third kappa shape index (κ3) is 1.33. The van der Waals surface area contributed by atoms with E-state index in [4.69, 9.17) is 15.6 Å². The SMILES string of the molecule is NCC1(CC(=O)O)CCOCC12CC2. The molecule has 14 heavy (non-hydrogen) atoms. The molecule has 4 heteroatoms. The highest BCUT2D eigenvalue weighted by atomic mass is 16.5. The number of carboxylic acid groups (broad SMARTS) is 1. The lowest BCUT2D eigenvalue weighted by atomic mass is 9.67. The standard InChI is InChI=1S/C10H17NO3/c11-6-10(5-8(12)13)3-4-14-7-9(10)1-2-9/h1-7,11H2,(H,12,13). The van der Waals surface area contributed by atoms with E-state index in [1.54, 1.807) is 0 Å². The Labute approximate surface area is 83.4 Å². The zero-order valence-corrected chi connectivity index (χ0v) is 8.29. The van der Waals surface area contributed by atoms with Crippen molar-refractivity contribution in [1.29, 1.82) is 0 Å². The maximum absolute atomic E-state index is 10.9. The number of carbonyl (C=O) groups is 1. The topological polar surface area (TPSA) is 72.6 Å². The maximum Gasteiger partial charge on any atom is 0.303 e. The van der Waals surface area contributed by atoms with Gasteiger partial charge in [-0.2, -0.15) is 0 Å². The van der Waals surface area contributed by atoms with E-state index in [1.165, 1.54) is 0 Å². The van der Waals surface area contributed by atoms with E-state index in [0.29, 0.717) is 19.8 Å². The van der Waals surface area contributed by atoms with Crippen LogP contribution in [0.3, 0.4) is 0 Å². The summed E-state index contributed by atoms with van der Waals surface area (Å²) in [5.41, 5.74) is 5.68. The second-order valence-electron chi connectivity index (χ2n) is 4.64. The molecule has 1 aliphatic carbocycles. The van der Waals surface area contributed by atoms with E-state index in [2.05, 4.69) is 0 Å². The minimum absolute atomic E-state index is 0.0956. The zero-order valence-electron chi connectivity index (χ0n) is 8.29. The monoisotopic (exact) mass is 199 g/mol. The molecular formula is C10H17NO3. The average Bonchev–Trinajstić information content (AvgIpc) is 2.90. The molecule has 0 aromatic heterocycles. The lowest BCUT2D eigenvalue weighted by Crippen LogP contribution is -2.47. The lowest BCUT2D eigenvalue weighted by molar-refractivity contribution is -0.145. The van der Waals surface area contributed by atoms with Gasteiger partial charge in [0.05, 0.1) is 13.0 Å². The van der Waals surface area contributed by atoms with Gasteiger partial charge in [-0.15, -0.1) is 0 Å². The first-order valence-corrected chi connectivity index (χ1v) is 5.14. The average molecular weight is 199 g/mol. The second-order valence-corrected chi connectivity index (χ2v) is 4.64. The number of ether oxygens (including phenoxy) is 1. The van der Waals surface area contributed by atoms with Crippen molar-refractivity contribution >= 4 is 5.97 Å². The molecule has 0 bridgehead atoms. The molecule has 2 rings (SSSR count). The van der Waals surface area contributed by atoms with Crippen LogP contribution in [-0.2, 0) is 9.53 Å². The Kier molecular flexibility index (Phi) is 2.27. The van der Waals surface area contributed by atoms with Gasteiger partial charge < -0.3 is 15.6 Å². The van der Waals surface area contributed by atoms with Gasteiger partial charge in [0, 0.05) is 17.4 Å². The number of hydrogen-bond acceptors (Lipinski definition) is 3. The molecule has 2 aliphatic rings. The van der Waals surface area contributed by atoms with Gasteiger partial charge in [0.1, 0.15) is 0 Å². The Bertz CT molecular complexity index is 250. The smallest absolute Gasteiger partial charge is 0.303 e. The van der Waals surface area contributed by atoms with Crippen molar-refractivity contribution in [3.63, 3.8) is 0 Å². The van der Waals surface area contributed by atoms with Gasteiger partial charge in [0.15, 0.2) is 0 Å². The highest BCUT2D eigenvalue weighted by Gasteiger charge is 2.60. The largest absolute Gasteiger partial charge is 0.481 e. The van der Waals surface area contributed by atoms with E-state index < -0.39 is 5.97 Å². The van der Waals surface area contributed by atoms with Gasteiger partial charge in [-0.3, -0.25) is 4.79 Å². The fourth-order valence-corrected chi connectivity index (χ4v) is 2.73. The molecule has 0 aromatic rings. The molecule has 0 radical (unpaired) electrons. The fourth-order valence-electron chi connectivity index (χ4n) is 2.73. The molecule has 80 valence electrons. The van der Waals surface area contributed by atoms with Crippen LogP contribution in [0, 0.1) is 10.8 Å². The zero-order chi connectivity index (χ0) is 10.2. The van der Waals surface area contributed by atoms with Crippen LogP contribution in [0.1, 0.15) is 25.7 Å². The Morgan fingerprint density at radius 2 is 2.14 bits per heavy atom. The van der Waals surface area contributed by atoms with Crippen LogP contribution in [0.15, 0.2) is 0 Å². The third-order valence-electron chi connectivity index (χ3n) is 3.96. The minimum atomic E-state index is -0.733. The summed E-state index contributed by atoms with van der Waals surface area (Å²) in [6, 6.07) is 0. The van der Waals surface area contributed by atoms with E-state index in [0.717, 1.165) is 19.3 Å². The first-order valence-electron chi connectivity index (χ1n) is 5.14. The normalized spacial score (nSPS) is 34.4. The van der Waals surface area contributed by atoms with Crippen molar-refractivity contribution < 1.29 is 14.6 Å². The lowest BCUT2D eigenvalue weighted by Gasteiger charge is -2.43. The van der Waals surface area contributed by atoms with E-state index in [1.807, 2.05) is 0 Å². The summed E-state index contributed by atoms with van der Waals surface area (Å²) in [5, 5.41) is 8.93. The Balaban J connectivity index is 2.19. The number of nitrogens with two attached hydrogens (primary N) is 1. The van der Waals surface area contributed by atoms with Crippen molar-refractivity contribution in [2.75, 3.05) is 19.8 Å². The predicted octanol–water partition coefficient (Wildman–Crippen LogP) is 0.607. The third-order valence-corrected chi connectivity index (χ3v) is 3.96. The van der Waals surface area contributed by atoms with Crippen molar-refractivity contribution in [2.24, 2.45) is 16.6 Å². The van der Waals surface area contributed by atoms with Crippen LogP contribution >= 0.6 is 0 Å². The van der Waals surface area contributed by atoms with Gasteiger partial charge in [-0.25, -0.2) is 0 Å². The molecule has 1 saturated heterocycles.